The summed E-state index contributed by atoms with van der Waals surface area (Å²) in [6.07, 6.45) is -1.93. The number of carbonyl (C=O) groups excluding carboxylic acids is 2. The number of nitrogens with one attached hydrogen (secondary N) is 2. The zero-order valence-electron chi connectivity index (χ0n) is 12.5. The molecule has 0 aromatic carbocycles. The van der Waals surface area contributed by atoms with Crippen LogP contribution in [0.4, 0.5) is 13.2 Å². The van der Waals surface area contributed by atoms with Crippen molar-refractivity contribution in [1.82, 2.24) is 10.6 Å². The molecule has 0 atom stereocenters. The first-order valence-corrected chi connectivity index (χ1v) is 7.53. The van der Waals surface area contributed by atoms with Crippen LogP contribution in [-0.2, 0) is 4.79 Å². The van der Waals surface area contributed by atoms with Crippen molar-refractivity contribution in [3.63, 3.8) is 0 Å². The van der Waals surface area contributed by atoms with Crippen molar-refractivity contribution in [1.29, 1.82) is 0 Å². The number of hydrogen-bond acceptors (Lipinski definition) is 3. The molecule has 23 heavy (non-hydrogen) atoms. The van der Waals surface area contributed by atoms with Crippen LogP contribution in [0.25, 0.3) is 0 Å². The molecule has 1 fully saturated rings. The second kappa shape index (κ2) is 7.06. The van der Waals surface area contributed by atoms with E-state index in [1.807, 2.05) is 0 Å². The van der Waals surface area contributed by atoms with E-state index in [1.165, 1.54) is 18.4 Å². The second-order valence-corrected chi connectivity index (χ2v) is 5.67. The molecule has 0 radical (unpaired) electrons. The van der Waals surface area contributed by atoms with E-state index in [-0.39, 0.29) is 31.6 Å². The van der Waals surface area contributed by atoms with Crippen LogP contribution in [0.5, 0.6) is 0 Å². The molecule has 0 spiro atoms. The lowest BCUT2D eigenvalue weighted by Gasteiger charge is -2.39. The van der Waals surface area contributed by atoms with E-state index < -0.39 is 23.5 Å². The first kappa shape index (κ1) is 17.4. The second-order valence-electron chi connectivity index (χ2n) is 5.67. The van der Waals surface area contributed by atoms with Gasteiger partial charge < -0.3 is 15.1 Å². The Kier molecular flexibility index (Phi) is 5.33. The van der Waals surface area contributed by atoms with Gasteiger partial charge in [-0.1, -0.05) is 19.3 Å². The van der Waals surface area contributed by atoms with E-state index in [2.05, 4.69) is 10.6 Å². The molecule has 1 aromatic heterocycles. The molecule has 1 aliphatic rings. The highest BCUT2D eigenvalue weighted by molar-refractivity contribution is 5.91. The fourth-order valence-corrected chi connectivity index (χ4v) is 2.75. The number of furan rings is 1. The van der Waals surface area contributed by atoms with Gasteiger partial charge in [0.05, 0.1) is 6.26 Å². The Balaban J connectivity index is 1.84. The number of carbonyl (C=O) groups is 2. The van der Waals surface area contributed by atoms with Gasteiger partial charge in [0.15, 0.2) is 5.76 Å². The molecular formula is C15H19F3N2O3. The maximum Gasteiger partial charge on any atom is 0.411 e. The molecule has 0 aliphatic heterocycles. The fraction of sp³-hybridized carbons (Fsp3) is 0.600. The van der Waals surface area contributed by atoms with Gasteiger partial charge in [0, 0.05) is 13.0 Å². The summed E-state index contributed by atoms with van der Waals surface area (Å²) in [5.41, 5.74) is -2.13. The summed E-state index contributed by atoms with van der Waals surface area (Å²) < 4.78 is 44.8. The quantitative estimate of drug-likeness (QED) is 0.871. The maximum absolute atomic E-state index is 13.3. The van der Waals surface area contributed by atoms with Crippen LogP contribution in [0.1, 0.15) is 49.1 Å². The molecule has 1 saturated carbocycles. The van der Waals surface area contributed by atoms with Crippen LogP contribution in [0.15, 0.2) is 22.8 Å². The van der Waals surface area contributed by atoms with Gasteiger partial charge in [-0.05, 0) is 25.0 Å². The van der Waals surface area contributed by atoms with Crippen molar-refractivity contribution in [3.8, 4) is 0 Å². The predicted octanol–water partition coefficient (Wildman–Crippen LogP) is 2.78. The SMILES string of the molecule is O=C(CCNC(=O)c1ccco1)NC1(C(F)(F)F)CCCCC1. The van der Waals surface area contributed by atoms with Gasteiger partial charge in [-0.15, -0.1) is 0 Å². The highest BCUT2D eigenvalue weighted by atomic mass is 19.4. The van der Waals surface area contributed by atoms with Crippen LogP contribution in [-0.4, -0.2) is 30.1 Å². The van der Waals surface area contributed by atoms with Crippen LogP contribution in [0.3, 0.4) is 0 Å². The van der Waals surface area contributed by atoms with Crippen molar-refractivity contribution < 1.29 is 27.2 Å². The van der Waals surface area contributed by atoms with E-state index in [9.17, 15) is 22.8 Å². The summed E-state index contributed by atoms with van der Waals surface area (Å²) in [6, 6.07) is 2.99. The fourth-order valence-electron chi connectivity index (χ4n) is 2.75. The summed E-state index contributed by atoms with van der Waals surface area (Å²) >= 11 is 0. The van der Waals surface area contributed by atoms with Crippen LogP contribution >= 0.6 is 0 Å². The molecule has 2 N–H and O–H groups in total. The Morgan fingerprint density at radius 2 is 1.91 bits per heavy atom. The zero-order valence-corrected chi connectivity index (χ0v) is 12.5. The van der Waals surface area contributed by atoms with Gasteiger partial charge in [-0.2, -0.15) is 13.2 Å². The van der Waals surface area contributed by atoms with Crippen LogP contribution in [0.2, 0.25) is 0 Å². The minimum Gasteiger partial charge on any atom is -0.459 e. The molecule has 128 valence electrons. The van der Waals surface area contributed by atoms with Crippen LogP contribution < -0.4 is 10.6 Å². The third-order valence-corrected chi connectivity index (χ3v) is 4.01. The Hall–Kier alpha value is -1.99. The highest BCUT2D eigenvalue weighted by Gasteiger charge is 2.55. The molecule has 8 heteroatoms. The topological polar surface area (TPSA) is 71.3 Å². The molecule has 0 saturated heterocycles. The summed E-state index contributed by atoms with van der Waals surface area (Å²) in [7, 11) is 0. The first-order chi connectivity index (χ1) is 10.8. The van der Waals surface area contributed by atoms with E-state index in [0.717, 1.165) is 6.42 Å². The first-order valence-electron chi connectivity index (χ1n) is 7.53. The third-order valence-electron chi connectivity index (χ3n) is 4.01. The van der Waals surface area contributed by atoms with Crippen molar-refractivity contribution in [2.45, 2.75) is 50.2 Å². The minimum atomic E-state index is -4.47. The van der Waals surface area contributed by atoms with Crippen molar-refractivity contribution in [2.24, 2.45) is 0 Å². The van der Waals surface area contributed by atoms with Gasteiger partial charge in [-0.3, -0.25) is 9.59 Å². The van der Waals surface area contributed by atoms with Gasteiger partial charge in [-0.25, -0.2) is 0 Å². The van der Waals surface area contributed by atoms with Gasteiger partial charge in [0.1, 0.15) is 5.54 Å². The molecule has 1 heterocycles. The standard InChI is InChI=1S/C15H19F3N2O3/c16-15(17,18)14(7-2-1-3-8-14)20-12(21)6-9-19-13(22)11-5-4-10-23-11/h4-5,10H,1-3,6-9H2,(H,19,22)(H,20,21). The summed E-state index contributed by atoms with van der Waals surface area (Å²) in [5, 5.41) is 4.57. The van der Waals surface area contributed by atoms with Gasteiger partial charge >= 0.3 is 6.18 Å². The van der Waals surface area contributed by atoms with Crippen molar-refractivity contribution in [3.05, 3.63) is 24.2 Å². The van der Waals surface area contributed by atoms with Crippen LogP contribution in [0, 0.1) is 0 Å². The number of halogens is 3. The van der Waals surface area contributed by atoms with Gasteiger partial charge in [0.25, 0.3) is 5.91 Å². The average Bonchev–Trinajstić information content (AvgIpc) is 3.01. The maximum atomic E-state index is 13.3. The van der Waals surface area contributed by atoms with E-state index in [1.54, 1.807) is 0 Å². The predicted molar refractivity (Wildman–Crippen MR) is 75.7 cm³/mol. The van der Waals surface area contributed by atoms with Crippen molar-refractivity contribution in [2.75, 3.05) is 6.54 Å². The Labute approximate surface area is 131 Å². The molecule has 5 nitrogen and oxygen atoms in total. The molecule has 0 bridgehead atoms. The lowest BCUT2D eigenvalue weighted by Crippen LogP contribution is -2.59. The minimum absolute atomic E-state index is 0.0562. The molecule has 1 aliphatic carbocycles. The summed E-state index contributed by atoms with van der Waals surface area (Å²) in [4.78, 5) is 23.4. The Morgan fingerprint density at radius 1 is 1.22 bits per heavy atom. The normalized spacial score (nSPS) is 17.5. The van der Waals surface area contributed by atoms with E-state index in [0.29, 0.717) is 12.8 Å². The molecule has 2 rings (SSSR count). The number of hydrogen-bond donors (Lipinski definition) is 2. The Bertz CT molecular complexity index is 535. The number of alkyl halides is 3. The van der Waals surface area contributed by atoms with Crippen molar-refractivity contribution >= 4 is 11.8 Å². The van der Waals surface area contributed by atoms with Gasteiger partial charge in [0.2, 0.25) is 5.91 Å². The van der Waals surface area contributed by atoms with E-state index in [4.69, 9.17) is 4.42 Å². The Morgan fingerprint density at radius 3 is 2.48 bits per heavy atom. The summed E-state index contributed by atoms with van der Waals surface area (Å²) in [6.45, 7) is -0.0562. The molecular weight excluding hydrogens is 313 g/mol. The summed E-state index contributed by atoms with van der Waals surface area (Å²) in [5.74, 6) is -1.14. The molecule has 2 amide bonds. The third kappa shape index (κ3) is 4.27. The molecule has 0 unspecified atom stereocenters. The lowest BCUT2D eigenvalue weighted by atomic mass is 9.81. The number of rotatable bonds is 5. The van der Waals surface area contributed by atoms with E-state index >= 15 is 0 Å². The largest absolute Gasteiger partial charge is 0.459 e. The zero-order chi connectivity index (χ0) is 16.9. The smallest absolute Gasteiger partial charge is 0.411 e. The average molecular weight is 332 g/mol. The lowest BCUT2D eigenvalue weighted by molar-refractivity contribution is -0.206. The number of amides is 2. The molecule has 1 aromatic rings. The monoisotopic (exact) mass is 332 g/mol. The highest BCUT2D eigenvalue weighted by Crippen LogP contribution is 2.41.